The molecule has 1 aliphatic heterocycles. The molecule has 0 radical (unpaired) electrons. The minimum Gasteiger partial charge on any atom is -0.388 e. The summed E-state index contributed by atoms with van der Waals surface area (Å²) in [5, 5.41) is 27.4. The molecule has 1 fully saturated rings. The first-order valence-electron chi connectivity index (χ1n) is 9.81. The summed E-state index contributed by atoms with van der Waals surface area (Å²) in [6.45, 7) is 1.48. The van der Waals surface area contributed by atoms with Gasteiger partial charge in [-0.25, -0.2) is 0 Å². The molecule has 1 aromatic rings. The number of fused-ring (bicyclic) bond motifs is 1. The van der Waals surface area contributed by atoms with Gasteiger partial charge in [0.2, 0.25) is 11.8 Å². The van der Waals surface area contributed by atoms with Crippen LogP contribution in [0.25, 0.3) is 0 Å². The van der Waals surface area contributed by atoms with E-state index in [2.05, 4.69) is 10.6 Å². The van der Waals surface area contributed by atoms with Gasteiger partial charge in [0, 0.05) is 36.1 Å². The average Bonchev–Trinajstić information content (AvgIpc) is 2.90. The lowest BCUT2D eigenvalue weighted by atomic mass is 9.81. The summed E-state index contributed by atoms with van der Waals surface area (Å²) in [6, 6.07) is 5.53. The van der Waals surface area contributed by atoms with Crippen LogP contribution in [0, 0.1) is 11.8 Å². The van der Waals surface area contributed by atoms with Gasteiger partial charge < -0.3 is 21.3 Å². The van der Waals surface area contributed by atoms with Crippen molar-refractivity contribution >= 4 is 17.5 Å². The Balaban J connectivity index is 1.70. The number of hydrogen-bond acceptors (Lipinski definition) is 6. The highest BCUT2D eigenvalue weighted by molar-refractivity contribution is 5.98. The zero-order valence-electron chi connectivity index (χ0n) is 15.5. The topological polar surface area (TPSA) is 125 Å². The normalized spacial score (nSPS) is 27.4. The number of unbranched alkanes of at least 4 members (excludes halogenated alkanes) is 3. The molecule has 2 aliphatic rings. The molecule has 1 aliphatic carbocycles. The van der Waals surface area contributed by atoms with E-state index in [1.165, 1.54) is 0 Å². The molecule has 148 valence electrons. The van der Waals surface area contributed by atoms with Crippen molar-refractivity contribution in [3.63, 3.8) is 0 Å². The van der Waals surface area contributed by atoms with Crippen LogP contribution in [0.4, 0.5) is 5.69 Å². The molecule has 1 heterocycles. The van der Waals surface area contributed by atoms with Crippen molar-refractivity contribution in [1.29, 1.82) is 0 Å². The summed E-state index contributed by atoms with van der Waals surface area (Å²) in [4.78, 5) is 23.6. The number of nitrogens with two attached hydrogens (primary N) is 1. The fourth-order valence-electron chi connectivity index (χ4n) is 4.26. The number of anilines is 1. The Kier molecular flexibility index (Phi) is 6.46. The molecule has 0 spiro atoms. The fraction of sp³-hybridized carbons (Fsp3) is 0.600. The van der Waals surface area contributed by atoms with Gasteiger partial charge in [-0.15, -0.1) is 0 Å². The van der Waals surface area contributed by atoms with Crippen molar-refractivity contribution in [3.8, 4) is 0 Å². The summed E-state index contributed by atoms with van der Waals surface area (Å²) in [5.41, 5.74) is 7.63. The van der Waals surface area contributed by atoms with E-state index in [4.69, 9.17) is 5.73 Å². The van der Waals surface area contributed by atoms with Crippen LogP contribution in [-0.2, 0) is 9.59 Å². The summed E-state index contributed by atoms with van der Waals surface area (Å²) in [5.74, 6) is -1.92. The highest BCUT2D eigenvalue weighted by atomic mass is 16.3. The van der Waals surface area contributed by atoms with Gasteiger partial charge in [0.15, 0.2) is 0 Å². The van der Waals surface area contributed by atoms with Crippen molar-refractivity contribution in [1.82, 2.24) is 5.32 Å². The lowest BCUT2D eigenvalue weighted by Crippen LogP contribution is -2.45. The minimum atomic E-state index is -0.945. The monoisotopic (exact) mass is 375 g/mol. The largest absolute Gasteiger partial charge is 0.388 e. The number of carbonyl (C=O) groups is 2. The van der Waals surface area contributed by atoms with Crippen LogP contribution >= 0.6 is 0 Å². The van der Waals surface area contributed by atoms with E-state index in [0.717, 1.165) is 37.9 Å². The molecule has 6 N–H and O–H groups in total. The number of benzene rings is 1. The van der Waals surface area contributed by atoms with Gasteiger partial charge in [-0.05, 0) is 37.4 Å². The predicted molar refractivity (Wildman–Crippen MR) is 102 cm³/mol. The number of nitrogens with one attached hydrogen (secondary N) is 2. The van der Waals surface area contributed by atoms with Crippen LogP contribution < -0.4 is 16.4 Å². The number of imide groups is 1. The van der Waals surface area contributed by atoms with Gasteiger partial charge in [0.25, 0.3) is 0 Å². The molecule has 0 saturated carbocycles. The van der Waals surface area contributed by atoms with E-state index in [9.17, 15) is 19.8 Å². The second-order valence-electron chi connectivity index (χ2n) is 7.46. The molecular weight excluding hydrogens is 346 g/mol. The zero-order chi connectivity index (χ0) is 19.4. The Morgan fingerprint density at radius 3 is 2.63 bits per heavy atom. The smallest absolute Gasteiger partial charge is 0.230 e. The maximum absolute atomic E-state index is 12.2. The SMILES string of the molecule is NCCCCCCNc1cccc2c1C(O)C(C1CCC(=O)NC1=O)C2O. The number of hydrogen-bond donors (Lipinski definition) is 5. The number of amides is 2. The van der Waals surface area contributed by atoms with Crippen LogP contribution in [0.1, 0.15) is 61.9 Å². The summed E-state index contributed by atoms with van der Waals surface area (Å²) < 4.78 is 0. The van der Waals surface area contributed by atoms with E-state index in [-0.39, 0.29) is 12.3 Å². The van der Waals surface area contributed by atoms with Gasteiger partial charge in [0.05, 0.1) is 12.2 Å². The molecule has 7 heteroatoms. The van der Waals surface area contributed by atoms with E-state index < -0.39 is 30.0 Å². The fourth-order valence-corrected chi connectivity index (χ4v) is 4.26. The molecule has 4 unspecified atom stereocenters. The first kappa shape index (κ1) is 19.8. The Morgan fingerprint density at radius 1 is 1.11 bits per heavy atom. The molecular formula is C20H29N3O4. The van der Waals surface area contributed by atoms with Crippen LogP contribution in [0.5, 0.6) is 0 Å². The Hall–Kier alpha value is -1.96. The van der Waals surface area contributed by atoms with Gasteiger partial charge >= 0.3 is 0 Å². The van der Waals surface area contributed by atoms with Crippen LogP contribution in [-0.4, -0.2) is 35.1 Å². The molecule has 1 saturated heterocycles. The molecule has 0 aromatic heterocycles. The second-order valence-corrected chi connectivity index (χ2v) is 7.46. The number of rotatable bonds is 8. The van der Waals surface area contributed by atoms with Crippen LogP contribution in [0.3, 0.4) is 0 Å². The maximum atomic E-state index is 12.2. The van der Waals surface area contributed by atoms with Crippen molar-refractivity contribution in [3.05, 3.63) is 29.3 Å². The van der Waals surface area contributed by atoms with E-state index in [1.54, 1.807) is 6.07 Å². The number of aliphatic hydroxyl groups excluding tert-OH is 2. The second kappa shape index (κ2) is 8.82. The Labute approximate surface area is 159 Å². The average molecular weight is 375 g/mol. The third-order valence-electron chi connectivity index (χ3n) is 5.68. The van der Waals surface area contributed by atoms with Crippen molar-refractivity contribution in [2.45, 2.75) is 50.7 Å². The number of carbonyl (C=O) groups excluding carboxylic acids is 2. The van der Waals surface area contributed by atoms with Gasteiger partial charge in [-0.2, -0.15) is 0 Å². The van der Waals surface area contributed by atoms with Crippen LogP contribution in [0.2, 0.25) is 0 Å². The first-order valence-corrected chi connectivity index (χ1v) is 9.81. The van der Waals surface area contributed by atoms with Gasteiger partial charge in [-0.1, -0.05) is 25.0 Å². The summed E-state index contributed by atoms with van der Waals surface area (Å²) in [6.07, 6.45) is 2.92. The molecule has 3 rings (SSSR count). The van der Waals surface area contributed by atoms with Gasteiger partial charge in [-0.3, -0.25) is 14.9 Å². The third kappa shape index (κ3) is 4.15. The van der Waals surface area contributed by atoms with Crippen molar-refractivity contribution in [2.24, 2.45) is 17.6 Å². The number of piperidine rings is 1. The Bertz CT molecular complexity index is 694. The van der Waals surface area contributed by atoms with Gasteiger partial charge in [0.1, 0.15) is 0 Å². The zero-order valence-corrected chi connectivity index (χ0v) is 15.5. The maximum Gasteiger partial charge on any atom is 0.230 e. The molecule has 1 aromatic carbocycles. The third-order valence-corrected chi connectivity index (χ3v) is 5.68. The quantitative estimate of drug-likeness (QED) is 0.345. The van der Waals surface area contributed by atoms with E-state index >= 15 is 0 Å². The predicted octanol–water partition coefficient (Wildman–Crippen LogP) is 1.37. The highest BCUT2D eigenvalue weighted by Crippen LogP contribution is 2.51. The molecule has 4 atom stereocenters. The lowest BCUT2D eigenvalue weighted by Gasteiger charge is -2.30. The minimum absolute atomic E-state index is 0.233. The Morgan fingerprint density at radius 2 is 1.89 bits per heavy atom. The molecule has 0 bridgehead atoms. The summed E-state index contributed by atoms with van der Waals surface area (Å²) in [7, 11) is 0. The molecule has 2 amide bonds. The highest BCUT2D eigenvalue weighted by Gasteiger charge is 2.48. The number of aliphatic hydroxyl groups is 2. The summed E-state index contributed by atoms with van der Waals surface area (Å²) >= 11 is 0. The van der Waals surface area contributed by atoms with E-state index in [0.29, 0.717) is 24.1 Å². The standard InChI is InChI=1S/C20H29N3O4/c21-10-3-1-2-4-11-22-14-7-5-6-12-16(14)19(26)17(18(12)25)13-8-9-15(24)23-20(13)27/h5-7,13,17-19,22,25-26H,1-4,8-11,21H2,(H,23,24,27). The lowest BCUT2D eigenvalue weighted by molar-refractivity contribution is -0.141. The molecule has 7 nitrogen and oxygen atoms in total. The van der Waals surface area contributed by atoms with Crippen LogP contribution in [0.15, 0.2) is 18.2 Å². The van der Waals surface area contributed by atoms with E-state index in [1.807, 2.05) is 12.1 Å². The molecule has 27 heavy (non-hydrogen) atoms. The van der Waals surface area contributed by atoms with Crippen molar-refractivity contribution in [2.75, 3.05) is 18.4 Å². The van der Waals surface area contributed by atoms with Crippen molar-refractivity contribution < 1.29 is 19.8 Å². The first-order chi connectivity index (χ1) is 13.0.